The predicted molar refractivity (Wildman–Crippen MR) is 67.4 cm³/mol. The number of carbonyl (C=O) groups is 1. The van der Waals surface area contributed by atoms with Crippen LogP contribution in [0, 0.1) is 15.9 Å². The molecular weight excluding hydrogens is 271 g/mol. The molecule has 0 atom stereocenters. The standard InChI is InChI=1S/C12H13FN2O5/c1-19-12(16)9-6-8(14-2-4-20-5-3-14)7-10(13)11(9)15(17)18/h6-7H,2-5H2,1H3. The van der Waals surface area contributed by atoms with E-state index < -0.39 is 22.4 Å². The van der Waals surface area contributed by atoms with E-state index in [4.69, 9.17) is 4.74 Å². The van der Waals surface area contributed by atoms with Gasteiger partial charge in [-0.1, -0.05) is 0 Å². The smallest absolute Gasteiger partial charge is 0.345 e. The number of methoxy groups -OCH3 is 1. The van der Waals surface area contributed by atoms with Crippen molar-refractivity contribution in [1.29, 1.82) is 0 Å². The lowest BCUT2D eigenvalue weighted by molar-refractivity contribution is -0.387. The van der Waals surface area contributed by atoms with Crippen LogP contribution in [0.5, 0.6) is 0 Å². The summed E-state index contributed by atoms with van der Waals surface area (Å²) in [5.74, 6) is -2.00. The molecule has 0 aromatic heterocycles. The van der Waals surface area contributed by atoms with Crippen LogP contribution < -0.4 is 4.90 Å². The number of nitro benzene ring substituents is 1. The normalized spacial score (nSPS) is 15.0. The molecule has 1 heterocycles. The number of rotatable bonds is 3. The second kappa shape index (κ2) is 5.83. The van der Waals surface area contributed by atoms with Crippen molar-refractivity contribution in [1.82, 2.24) is 0 Å². The van der Waals surface area contributed by atoms with Crippen LogP contribution in [-0.2, 0) is 9.47 Å². The first-order valence-electron chi connectivity index (χ1n) is 5.93. The minimum Gasteiger partial charge on any atom is -0.465 e. The molecule has 0 unspecified atom stereocenters. The number of carbonyl (C=O) groups excluding carboxylic acids is 1. The van der Waals surface area contributed by atoms with E-state index in [2.05, 4.69) is 4.74 Å². The van der Waals surface area contributed by atoms with Crippen molar-refractivity contribution in [3.8, 4) is 0 Å². The van der Waals surface area contributed by atoms with Crippen molar-refractivity contribution < 1.29 is 23.6 Å². The van der Waals surface area contributed by atoms with Crippen LogP contribution >= 0.6 is 0 Å². The van der Waals surface area contributed by atoms with E-state index >= 15 is 0 Å². The highest BCUT2D eigenvalue weighted by molar-refractivity contribution is 5.95. The summed E-state index contributed by atoms with van der Waals surface area (Å²) in [6.45, 7) is 2.01. The maximum absolute atomic E-state index is 13.9. The Balaban J connectivity index is 2.48. The third-order valence-corrected chi connectivity index (χ3v) is 3.01. The first kappa shape index (κ1) is 14.2. The van der Waals surface area contributed by atoms with Crippen LogP contribution in [0.25, 0.3) is 0 Å². The van der Waals surface area contributed by atoms with Crippen molar-refractivity contribution in [2.24, 2.45) is 0 Å². The van der Waals surface area contributed by atoms with Gasteiger partial charge in [0.1, 0.15) is 5.56 Å². The minimum absolute atomic E-state index is 0.390. The highest BCUT2D eigenvalue weighted by Crippen LogP contribution is 2.29. The Bertz CT molecular complexity index is 543. The van der Waals surface area contributed by atoms with E-state index in [1.54, 1.807) is 4.90 Å². The number of hydrogen-bond acceptors (Lipinski definition) is 6. The third kappa shape index (κ3) is 2.69. The average molecular weight is 284 g/mol. The molecule has 108 valence electrons. The topological polar surface area (TPSA) is 81.9 Å². The Morgan fingerprint density at radius 1 is 1.45 bits per heavy atom. The molecule has 1 aromatic carbocycles. The molecule has 1 aliphatic heterocycles. The molecule has 0 spiro atoms. The maximum Gasteiger partial charge on any atom is 0.345 e. The molecule has 8 heteroatoms. The molecule has 1 fully saturated rings. The summed E-state index contributed by atoms with van der Waals surface area (Å²) in [6, 6.07) is 2.33. The fraction of sp³-hybridized carbons (Fsp3) is 0.417. The number of hydrogen-bond donors (Lipinski definition) is 0. The van der Waals surface area contributed by atoms with Gasteiger partial charge in [-0.05, 0) is 6.07 Å². The molecule has 0 radical (unpaired) electrons. The maximum atomic E-state index is 13.9. The van der Waals surface area contributed by atoms with Crippen LogP contribution in [0.4, 0.5) is 15.8 Å². The average Bonchev–Trinajstić information content (AvgIpc) is 2.46. The van der Waals surface area contributed by atoms with E-state index in [-0.39, 0.29) is 5.56 Å². The quantitative estimate of drug-likeness (QED) is 0.473. The zero-order valence-electron chi connectivity index (χ0n) is 10.8. The van der Waals surface area contributed by atoms with Gasteiger partial charge in [-0.3, -0.25) is 10.1 Å². The van der Waals surface area contributed by atoms with E-state index in [0.717, 1.165) is 13.2 Å². The Labute approximate surface area is 114 Å². The lowest BCUT2D eigenvalue weighted by atomic mass is 10.1. The van der Waals surface area contributed by atoms with Crippen LogP contribution in [0.3, 0.4) is 0 Å². The van der Waals surface area contributed by atoms with E-state index in [1.807, 2.05) is 0 Å². The summed E-state index contributed by atoms with van der Waals surface area (Å²) < 4.78 is 23.6. The number of nitro groups is 1. The van der Waals surface area contributed by atoms with Crippen LogP contribution in [-0.4, -0.2) is 44.3 Å². The van der Waals surface area contributed by atoms with Gasteiger partial charge in [0.25, 0.3) is 0 Å². The van der Waals surface area contributed by atoms with Gasteiger partial charge < -0.3 is 14.4 Å². The molecule has 0 aliphatic carbocycles. The Hall–Kier alpha value is -2.22. The van der Waals surface area contributed by atoms with Gasteiger partial charge in [0, 0.05) is 24.8 Å². The molecule has 0 bridgehead atoms. The summed E-state index contributed by atoms with van der Waals surface area (Å²) >= 11 is 0. The number of benzene rings is 1. The van der Waals surface area contributed by atoms with Gasteiger partial charge in [-0.25, -0.2) is 4.79 Å². The first-order chi connectivity index (χ1) is 9.54. The second-order valence-electron chi connectivity index (χ2n) is 4.17. The summed E-state index contributed by atoms with van der Waals surface area (Å²) in [5, 5.41) is 10.9. The van der Waals surface area contributed by atoms with Gasteiger partial charge >= 0.3 is 11.7 Å². The van der Waals surface area contributed by atoms with Crippen LogP contribution in [0.15, 0.2) is 12.1 Å². The first-order valence-corrected chi connectivity index (χ1v) is 5.93. The fourth-order valence-corrected chi connectivity index (χ4v) is 2.04. The molecule has 1 saturated heterocycles. The SMILES string of the molecule is COC(=O)c1cc(N2CCOCC2)cc(F)c1[N+](=O)[O-]. The molecule has 1 aromatic rings. The highest BCUT2D eigenvalue weighted by atomic mass is 19.1. The molecular formula is C12H13FN2O5. The number of anilines is 1. The van der Waals surface area contributed by atoms with Crippen LogP contribution in [0.1, 0.15) is 10.4 Å². The summed E-state index contributed by atoms with van der Waals surface area (Å²) in [5.41, 5.74) is -0.857. The van der Waals surface area contributed by atoms with E-state index in [0.29, 0.717) is 32.0 Å². The zero-order chi connectivity index (χ0) is 14.7. The number of nitrogens with zero attached hydrogens (tertiary/aromatic N) is 2. The molecule has 7 nitrogen and oxygen atoms in total. The number of halogens is 1. The summed E-state index contributed by atoms with van der Waals surface area (Å²) in [7, 11) is 1.09. The van der Waals surface area contributed by atoms with Gasteiger partial charge in [0.05, 0.1) is 25.2 Å². The Morgan fingerprint density at radius 2 is 2.10 bits per heavy atom. The summed E-state index contributed by atoms with van der Waals surface area (Å²) in [6.07, 6.45) is 0. The van der Waals surface area contributed by atoms with Crippen molar-refractivity contribution in [2.75, 3.05) is 38.3 Å². The molecule has 20 heavy (non-hydrogen) atoms. The Kier molecular flexibility index (Phi) is 4.14. The monoisotopic (exact) mass is 284 g/mol. The molecule has 1 aliphatic rings. The predicted octanol–water partition coefficient (Wildman–Crippen LogP) is 1.36. The van der Waals surface area contributed by atoms with Gasteiger partial charge in [-0.15, -0.1) is 0 Å². The van der Waals surface area contributed by atoms with E-state index in [1.165, 1.54) is 6.07 Å². The van der Waals surface area contributed by atoms with Crippen molar-refractivity contribution in [3.05, 3.63) is 33.6 Å². The van der Waals surface area contributed by atoms with Crippen molar-refractivity contribution >= 4 is 17.3 Å². The summed E-state index contributed by atoms with van der Waals surface area (Å²) in [4.78, 5) is 23.3. The Morgan fingerprint density at radius 3 is 2.65 bits per heavy atom. The second-order valence-corrected chi connectivity index (χ2v) is 4.17. The number of ether oxygens (including phenoxy) is 2. The van der Waals surface area contributed by atoms with Crippen molar-refractivity contribution in [3.63, 3.8) is 0 Å². The number of morpholine rings is 1. The highest BCUT2D eigenvalue weighted by Gasteiger charge is 2.28. The fourth-order valence-electron chi connectivity index (χ4n) is 2.04. The molecule has 0 amide bonds. The third-order valence-electron chi connectivity index (χ3n) is 3.01. The largest absolute Gasteiger partial charge is 0.465 e. The van der Waals surface area contributed by atoms with Gasteiger partial charge in [0.15, 0.2) is 0 Å². The molecule has 0 N–H and O–H groups in total. The molecule has 0 saturated carbocycles. The van der Waals surface area contributed by atoms with Gasteiger partial charge in [0.2, 0.25) is 5.82 Å². The lowest BCUT2D eigenvalue weighted by Crippen LogP contribution is -2.36. The molecule has 2 rings (SSSR count). The minimum atomic E-state index is -1.06. The van der Waals surface area contributed by atoms with E-state index in [9.17, 15) is 19.3 Å². The lowest BCUT2D eigenvalue weighted by Gasteiger charge is -2.29. The van der Waals surface area contributed by atoms with Crippen LogP contribution in [0.2, 0.25) is 0 Å². The zero-order valence-corrected chi connectivity index (χ0v) is 10.8. The van der Waals surface area contributed by atoms with Gasteiger partial charge in [-0.2, -0.15) is 4.39 Å². The number of esters is 1. The van der Waals surface area contributed by atoms with Crippen molar-refractivity contribution in [2.45, 2.75) is 0 Å².